The molecule has 5 heteroatoms. The number of fused-ring (bicyclic) bond motifs is 14. The molecule has 0 spiro atoms. The molecule has 144 valence electrons. The van der Waals surface area contributed by atoms with Crippen molar-refractivity contribution in [1.29, 1.82) is 0 Å². The van der Waals surface area contributed by atoms with Crippen molar-refractivity contribution in [3.8, 4) is 0 Å². The largest absolute Gasteiger partial charge is 0.456 e. The summed E-state index contributed by atoms with van der Waals surface area (Å²) in [6.07, 6.45) is 7.57. The van der Waals surface area contributed by atoms with Gasteiger partial charge in [0.25, 0.3) is 0 Å². The molecular weight excluding hydrogens is 386 g/mol. The predicted molar refractivity (Wildman–Crippen MR) is 123 cm³/mol. The van der Waals surface area contributed by atoms with Crippen LogP contribution >= 0.6 is 0 Å². The average molecular weight is 399 g/mol. The number of imidazole rings is 1. The van der Waals surface area contributed by atoms with E-state index < -0.39 is 0 Å². The molecule has 8 aromatic rings. The summed E-state index contributed by atoms with van der Waals surface area (Å²) in [6.45, 7) is 0. The molecule has 0 bridgehead atoms. The summed E-state index contributed by atoms with van der Waals surface area (Å²) >= 11 is 0. The van der Waals surface area contributed by atoms with Gasteiger partial charge in [-0.3, -0.25) is 9.38 Å². The van der Waals surface area contributed by atoms with Crippen LogP contribution in [0.25, 0.3) is 71.2 Å². The first-order valence-electron chi connectivity index (χ1n) is 10.2. The quantitative estimate of drug-likeness (QED) is 0.262. The van der Waals surface area contributed by atoms with E-state index in [-0.39, 0.29) is 0 Å². The number of benzene rings is 3. The molecule has 0 unspecified atom stereocenters. The highest BCUT2D eigenvalue weighted by Crippen LogP contribution is 2.43. The molecule has 0 atom stereocenters. The molecule has 0 saturated heterocycles. The van der Waals surface area contributed by atoms with E-state index in [0.29, 0.717) is 0 Å². The maximum atomic E-state index is 6.34. The zero-order valence-electron chi connectivity index (χ0n) is 16.2. The Hall–Kier alpha value is -4.38. The average Bonchev–Trinajstić information content (AvgIpc) is 3.53. The molecule has 5 heterocycles. The number of pyridine rings is 2. The van der Waals surface area contributed by atoms with Crippen molar-refractivity contribution >= 4 is 71.2 Å². The highest BCUT2D eigenvalue weighted by molar-refractivity contribution is 6.32. The van der Waals surface area contributed by atoms with Crippen LogP contribution in [0.2, 0.25) is 0 Å². The van der Waals surface area contributed by atoms with Crippen LogP contribution in [0.3, 0.4) is 0 Å². The Balaban J connectivity index is 1.77. The van der Waals surface area contributed by atoms with Crippen LogP contribution in [0.5, 0.6) is 0 Å². The number of hydrogen-bond acceptors (Lipinski definition) is 4. The second-order valence-corrected chi connectivity index (χ2v) is 7.89. The van der Waals surface area contributed by atoms with Crippen LogP contribution in [0.15, 0.2) is 88.2 Å². The molecular formula is C26H13N3O2. The number of furan rings is 2. The topological polar surface area (TPSA) is 56.5 Å². The minimum absolute atomic E-state index is 0.851. The van der Waals surface area contributed by atoms with Crippen LogP contribution in [0, 0.1) is 0 Å². The molecule has 0 aliphatic carbocycles. The van der Waals surface area contributed by atoms with E-state index >= 15 is 0 Å². The van der Waals surface area contributed by atoms with Crippen LogP contribution in [0.1, 0.15) is 0 Å². The highest BCUT2D eigenvalue weighted by atomic mass is 16.3. The lowest BCUT2D eigenvalue weighted by Crippen LogP contribution is -1.91. The maximum absolute atomic E-state index is 6.34. The Morgan fingerprint density at radius 3 is 2.39 bits per heavy atom. The van der Waals surface area contributed by atoms with E-state index in [1.807, 2.05) is 55.1 Å². The monoisotopic (exact) mass is 399 g/mol. The summed E-state index contributed by atoms with van der Waals surface area (Å²) in [5.74, 6) is 0. The highest BCUT2D eigenvalue weighted by Gasteiger charge is 2.20. The van der Waals surface area contributed by atoms with Gasteiger partial charge in [0.05, 0.1) is 10.9 Å². The van der Waals surface area contributed by atoms with Crippen LogP contribution in [-0.4, -0.2) is 14.4 Å². The van der Waals surface area contributed by atoms with E-state index in [2.05, 4.69) is 38.6 Å². The van der Waals surface area contributed by atoms with Gasteiger partial charge in [-0.15, -0.1) is 0 Å². The molecule has 5 aromatic heterocycles. The number of hydrogen-bond donors (Lipinski definition) is 0. The lowest BCUT2D eigenvalue weighted by molar-refractivity contribution is 0.663. The lowest BCUT2D eigenvalue weighted by Gasteiger charge is -2.09. The van der Waals surface area contributed by atoms with Gasteiger partial charge in [0, 0.05) is 51.7 Å². The molecule has 0 aliphatic heterocycles. The maximum Gasteiger partial charge on any atom is 0.146 e. The number of rotatable bonds is 0. The van der Waals surface area contributed by atoms with Crippen molar-refractivity contribution in [2.75, 3.05) is 0 Å². The van der Waals surface area contributed by atoms with Crippen molar-refractivity contribution in [3.05, 3.63) is 79.4 Å². The minimum atomic E-state index is 0.851. The molecule has 0 amide bonds. The van der Waals surface area contributed by atoms with Gasteiger partial charge < -0.3 is 8.83 Å². The van der Waals surface area contributed by atoms with Gasteiger partial charge in [0.1, 0.15) is 28.0 Å². The summed E-state index contributed by atoms with van der Waals surface area (Å²) in [7, 11) is 0. The van der Waals surface area contributed by atoms with Crippen molar-refractivity contribution in [1.82, 2.24) is 14.4 Å². The summed E-state index contributed by atoms with van der Waals surface area (Å²) in [5, 5.41) is 7.63. The molecule has 5 nitrogen and oxygen atoms in total. The first-order valence-corrected chi connectivity index (χ1v) is 10.2. The fraction of sp³-hybridized carbons (Fsp3) is 0. The number of aromatic nitrogens is 3. The van der Waals surface area contributed by atoms with E-state index in [1.54, 1.807) is 0 Å². The first-order chi connectivity index (χ1) is 15.4. The Kier molecular flexibility index (Phi) is 2.60. The van der Waals surface area contributed by atoms with Crippen LogP contribution in [-0.2, 0) is 0 Å². The van der Waals surface area contributed by atoms with Gasteiger partial charge in [-0.05, 0) is 41.8 Å². The van der Waals surface area contributed by atoms with E-state index in [0.717, 1.165) is 71.2 Å². The normalized spacial score (nSPS) is 12.5. The summed E-state index contributed by atoms with van der Waals surface area (Å²) in [4.78, 5) is 8.98. The molecule has 31 heavy (non-hydrogen) atoms. The third-order valence-electron chi connectivity index (χ3n) is 6.35. The van der Waals surface area contributed by atoms with Gasteiger partial charge in [-0.1, -0.05) is 18.2 Å². The fourth-order valence-electron chi connectivity index (χ4n) is 5.11. The molecule has 0 N–H and O–H groups in total. The lowest BCUT2D eigenvalue weighted by atomic mass is 10.0. The van der Waals surface area contributed by atoms with Gasteiger partial charge in [0.15, 0.2) is 0 Å². The molecule has 0 fully saturated rings. The van der Waals surface area contributed by atoms with Gasteiger partial charge in [-0.25, -0.2) is 4.98 Å². The third-order valence-corrected chi connectivity index (χ3v) is 6.35. The van der Waals surface area contributed by atoms with Crippen molar-refractivity contribution in [2.24, 2.45) is 0 Å². The second kappa shape index (κ2) is 5.21. The fourth-order valence-corrected chi connectivity index (χ4v) is 5.11. The standard InChI is InChI=1S/C26H13N3O2/c1-2-4-18-16(3-1)22-19(30-18)7-8-20-23(22)24-21(31-20)6-5-15-14-9-10-27-13-17(14)26-28-11-12-29(26)25(15)24/h1-13H. The first kappa shape index (κ1) is 15.5. The number of nitrogens with zero attached hydrogens (tertiary/aromatic N) is 3. The smallest absolute Gasteiger partial charge is 0.146 e. The Morgan fingerprint density at radius 2 is 1.42 bits per heavy atom. The molecule has 3 aromatic carbocycles. The van der Waals surface area contributed by atoms with Gasteiger partial charge >= 0.3 is 0 Å². The van der Waals surface area contributed by atoms with Gasteiger partial charge in [0.2, 0.25) is 0 Å². The second-order valence-electron chi connectivity index (χ2n) is 7.89. The summed E-state index contributed by atoms with van der Waals surface area (Å²) < 4.78 is 14.7. The zero-order chi connectivity index (χ0) is 20.1. The zero-order valence-corrected chi connectivity index (χ0v) is 16.2. The SMILES string of the molecule is c1ccc2c(c1)oc1ccc3oc4ccc5c6ccncc6c6nccn6c5c4c3c12. The Bertz CT molecular complexity index is 2010. The van der Waals surface area contributed by atoms with Gasteiger partial charge in [-0.2, -0.15) is 0 Å². The third kappa shape index (κ3) is 1.78. The summed E-state index contributed by atoms with van der Waals surface area (Å²) in [6, 6.07) is 18.4. The van der Waals surface area contributed by atoms with E-state index in [1.165, 1.54) is 0 Å². The Labute approximate surface area is 174 Å². The predicted octanol–water partition coefficient (Wildman–Crippen LogP) is 6.83. The number of para-hydroxylation sites is 1. The molecule has 0 radical (unpaired) electrons. The van der Waals surface area contributed by atoms with Crippen LogP contribution in [0.4, 0.5) is 0 Å². The Morgan fingerprint density at radius 1 is 0.613 bits per heavy atom. The molecule has 0 saturated carbocycles. The molecule has 0 aliphatic rings. The van der Waals surface area contributed by atoms with E-state index in [9.17, 15) is 0 Å². The molecule has 8 rings (SSSR count). The van der Waals surface area contributed by atoms with Crippen molar-refractivity contribution < 1.29 is 8.83 Å². The van der Waals surface area contributed by atoms with Crippen molar-refractivity contribution in [2.45, 2.75) is 0 Å². The van der Waals surface area contributed by atoms with Crippen molar-refractivity contribution in [3.63, 3.8) is 0 Å². The summed E-state index contributed by atoms with van der Waals surface area (Å²) in [5.41, 5.74) is 5.42. The van der Waals surface area contributed by atoms with E-state index in [4.69, 9.17) is 8.83 Å². The van der Waals surface area contributed by atoms with Crippen LogP contribution < -0.4 is 0 Å². The minimum Gasteiger partial charge on any atom is -0.456 e.